The number of ether oxygens (including phenoxy) is 2. The van der Waals surface area contributed by atoms with Crippen LogP contribution in [0.25, 0.3) is 0 Å². The summed E-state index contributed by atoms with van der Waals surface area (Å²) in [5, 5.41) is 12.6. The quantitative estimate of drug-likeness (QED) is 0.546. The summed E-state index contributed by atoms with van der Waals surface area (Å²) in [6, 6.07) is 10.7. The van der Waals surface area contributed by atoms with Crippen LogP contribution in [-0.2, 0) is 15.2 Å². The topological polar surface area (TPSA) is 84.2 Å². The van der Waals surface area contributed by atoms with Crippen LogP contribution in [0.3, 0.4) is 0 Å². The monoisotopic (exact) mass is 539 g/mol. The van der Waals surface area contributed by atoms with Gasteiger partial charge in [0.2, 0.25) is 5.43 Å². The third kappa shape index (κ3) is 3.63. The van der Waals surface area contributed by atoms with E-state index in [1.165, 1.54) is 33.6 Å². The lowest BCUT2D eigenvalue weighted by Gasteiger charge is -2.52. The number of aromatic nitrogens is 1. The van der Waals surface area contributed by atoms with Crippen LogP contribution < -0.4 is 10.4 Å². The number of nitrogens with zero attached hydrogens (tertiary/aromatic N) is 3. The molecule has 1 amide bonds. The van der Waals surface area contributed by atoms with Gasteiger partial charge in [0.25, 0.3) is 5.91 Å². The maximum atomic E-state index is 15.2. The van der Waals surface area contributed by atoms with Crippen LogP contribution in [0, 0.1) is 11.6 Å². The molecule has 2 fully saturated rings. The number of thioether (sulfide) groups is 1. The lowest BCUT2D eigenvalue weighted by Crippen LogP contribution is -2.67. The minimum absolute atomic E-state index is 0.0697. The average Bonchev–Trinajstić information content (AvgIpc) is 3.75. The van der Waals surface area contributed by atoms with Gasteiger partial charge in [-0.15, -0.1) is 11.8 Å². The molecule has 0 spiro atoms. The zero-order valence-corrected chi connectivity index (χ0v) is 20.9. The van der Waals surface area contributed by atoms with E-state index in [-0.39, 0.29) is 36.3 Å². The summed E-state index contributed by atoms with van der Waals surface area (Å²) in [4.78, 5) is 28.6. The SMILES string of the molecule is O=C1c2c(O)c(=O)ccn2N([C@@H]2c3ccccc3SCc3c2ccc(F)c3F)[C@@H]2COC(OC3CC3)CN12. The number of carbonyl (C=O) groups excluding carboxylic acids is 1. The summed E-state index contributed by atoms with van der Waals surface area (Å²) >= 11 is 1.40. The van der Waals surface area contributed by atoms with E-state index in [0.717, 1.165) is 29.4 Å². The Morgan fingerprint density at radius 2 is 1.87 bits per heavy atom. The first-order valence-corrected chi connectivity index (χ1v) is 13.4. The van der Waals surface area contributed by atoms with Crippen molar-refractivity contribution >= 4 is 17.7 Å². The van der Waals surface area contributed by atoms with E-state index >= 15 is 4.39 Å². The summed E-state index contributed by atoms with van der Waals surface area (Å²) in [5.74, 6) is -2.85. The molecule has 7 rings (SSSR count). The van der Waals surface area contributed by atoms with Gasteiger partial charge in [-0.1, -0.05) is 24.3 Å². The van der Waals surface area contributed by atoms with Crippen molar-refractivity contribution in [3.05, 3.63) is 92.9 Å². The van der Waals surface area contributed by atoms with Crippen LogP contribution in [0.2, 0.25) is 0 Å². The van der Waals surface area contributed by atoms with E-state index < -0.39 is 47.2 Å². The predicted molar refractivity (Wildman–Crippen MR) is 133 cm³/mol. The summed E-state index contributed by atoms with van der Waals surface area (Å²) < 4.78 is 43.0. The Morgan fingerprint density at radius 1 is 1.05 bits per heavy atom. The van der Waals surface area contributed by atoms with Gasteiger partial charge in [0.15, 0.2) is 29.4 Å². The summed E-state index contributed by atoms with van der Waals surface area (Å²) in [5.41, 5.74) is 0.679. The maximum absolute atomic E-state index is 15.2. The molecule has 4 aliphatic rings. The van der Waals surface area contributed by atoms with Gasteiger partial charge in [0.05, 0.1) is 25.3 Å². The van der Waals surface area contributed by atoms with Crippen LogP contribution >= 0.6 is 11.8 Å². The van der Waals surface area contributed by atoms with Crippen molar-refractivity contribution in [1.29, 1.82) is 0 Å². The van der Waals surface area contributed by atoms with Crippen LogP contribution in [0.15, 0.2) is 58.4 Å². The van der Waals surface area contributed by atoms with Crippen LogP contribution in [0.4, 0.5) is 8.78 Å². The van der Waals surface area contributed by atoms with Gasteiger partial charge in [-0.25, -0.2) is 8.78 Å². The molecule has 1 N–H and O–H groups in total. The van der Waals surface area contributed by atoms with Crippen molar-refractivity contribution in [3.63, 3.8) is 0 Å². The van der Waals surface area contributed by atoms with E-state index in [1.807, 2.05) is 29.3 Å². The Kier molecular flexibility index (Phi) is 5.50. The summed E-state index contributed by atoms with van der Waals surface area (Å²) in [6.45, 7) is 0.160. The van der Waals surface area contributed by atoms with E-state index in [9.17, 15) is 19.1 Å². The number of fused-ring (bicyclic) bond motifs is 4. The average molecular weight is 540 g/mol. The largest absolute Gasteiger partial charge is 0.502 e. The predicted octanol–water partition coefficient (Wildman–Crippen LogP) is 3.48. The third-order valence-electron chi connectivity index (χ3n) is 7.45. The number of morpholine rings is 1. The molecule has 196 valence electrons. The standard InChI is InChI=1S/C27H23F2N3O5S/c28-18-8-7-15-17(23(18)29)13-38-20-4-2-1-3-16(20)24(15)32-21-12-36-22(37-14-5-6-14)11-30(21)27(35)25-26(34)19(33)9-10-31(25)32/h1-4,7-10,14,21-22,24,34H,5-6,11-13H2/t21-,22?,24+/m1/s1. The lowest BCUT2D eigenvalue weighted by atomic mass is 9.93. The molecule has 3 atom stereocenters. The number of amides is 1. The fourth-order valence-electron chi connectivity index (χ4n) is 5.49. The maximum Gasteiger partial charge on any atom is 0.278 e. The first kappa shape index (κ1) is 23.7. The minimum atomic E-state index is -0.938. The fourth-order valence-corrected chi connectivity index (χ4v) is 6.61. The number of hydrogen-bond acceptors (Lipinski definition) is 7. The molecule has 1 saturated heterocycles. The van der Waals surface area contributed by atoms with Crippen molar-refractivity contribution in [2.45, 2.75) is 48.1 Å². The Hall–Kier alpha value is -3.41. The van der Waals surface area contributed by atoms with Crippen molar-refractivity contribution in [2.75, 3.05) is 18.2 Å². The number of benzene rings is 2. The van der Waals surface area contributed by atoms with Gasteiger partial charge in [0.1, 0.15) is 6.17 Å². The lowest BCUT2D eigenvalue weighted by molar-refractivity contribution is -0.196. The molecular weight excluding hydrogens is 516 g/mol. The highest BCUT2D eigenvalue weighted by molar-refractivity contribution is 7.98. The second kappa shape index (κ2) is 8.82. The zero-order chi connectivity index (χ0) is 26.1. The zero-order valence-electron chi connectivity index (χ0n) is 20.0. The number of hydrogen-bond donors (Lipinski definition) is 1. The third-order valence-corrected chi connectivity index (χ3v) is 8.57. The number of rotatable bonds is 3. The van der Waals surface area contributed by atoms with E-state index in [1.54, 1.807) is 6.07 Å². The molecule has 0 radical (unpaired) electrons. The number of pyridine rings is 1. The Balaban J connectivity index is 1.45. The van der Waals surface area contributed by atoms with Crippen molar-refractivity contribution < 1.29 is 28.2 Å². The Morgan fingerprint density at radius 3 is 2.68 bits per heavy atom. The highest BCUT2D eigenvalue weighted by Crippen LogP contribution is 2.45. The van der Waals surface area contributed by atoms with Gasteiger partial charge in [0, 0.05) is 28.5 Å². The normalized spacial score (nSPS) is 24.3. The fraction of sp³-hybridized carbons (Fsp3) is 0.333. The summed E-state index contributed by atoms with van der Waals surface area (Å²) in [6.07, 6.45) is 2.05. The number of halogens is 2. The van der Waals surface area contributed by atoms with Crippen LogP contribution in [-0.4, -0.2) is 52.3 Å². The van der Waals surface area contributed by atoms with Gasteiger partial charge in [-0.3, -0.25) is 19.3 Å². The van der Waals surface area contributed by atoms with Crippen molar-refractivity contribution in [1.82, 2.24) is 9.58 Å². The highest BCUT2D eigenvalue weighted by Gasteiger charge is 2.48. The molecule has 1 aromatic heterocycles. The van der Waals surface area contributed by atoms with E-state index in [4.69, 9.17) is 9.47 Å². The molecule has 4 heterocycles. The second-order valence-electron chi connectivity index (χ2n) is 9.80. The first-order valence-electron chi connectivity index (χ1n) is 12.4. The Labute approximate surface area is 220 Å². The molecule has 3 aliphatic heterocycles. The molecule has 0 bridgehead atoms. The molecule has 3 aromatic rings. The second-order valence-corrected chi connectivity index (χ2v) is 10.8. The molecule has 8 nitrogen and oxygen atoms in total. The molecule has 11 heteroatoms. The van der Waals surface area contributed by atoms with E-state index in [0.29, 0.717) is 5.56 Å². The molecule has 1 aliphatic carbocycles. The number of aromatic hydroxyl groups is 1. The van der Waals surface area contributed by atoms with Gasteiger partial charge in [-0.05, 0) is 36.1 Å². The van der Waals surface area contributed by atoms with Gasteiger partial charge in [-0.2, -0.15) is 0 Å². The Bertz CT molecular complexity index is 1530. The van der Waals surface area contributed by atoms with Crippen LogP contribution in [0.5, 0.6) is 5.75 Å². The highest BCUT2D eigenvalue weighted by atomic mass is 32.2. The van der Waals surface area contributed by atoms with Crippen molar-refractivity contribution in [3.8, 4) is 5.75 Å². The number of carbonyl (C=O) groups is 1. The molecule has 38 heavy (non-hydrogen) atoms. The van der Waals surface area contributed by atoms with Gasteiger partial charge >= 0.3 is 0 Å². The van der Waals surface area contributed by atoms with Crippen LogP contribution in [0.1, 0.15) is 46.1 Å². The molecule has 2 aromatic carbocycles. The van der Waals surface area contributed by atoms with Crippen molar-refractivity contribution in [2.24, 2.45) is 0 Å². The molecule has 1 saturated carbocycles. The summed E-state index contributed by atoms with van der Waals surface area (Å²) in [7, 11) is 0. The smallest absolute Gasteiger partial charge is 0.278 e. The first-order chi connectivity index (χ1) is 18.4. The van der Waals surface area contributed by atoms with E-state index in [2.05, 4.69) is 0 Å². The molecular formula is C27H23F2N3O5S. The van der Waals surface area contributed by atoms with Gasteiger partial charge < -0.3 is 19.5 Å². The minimum Gasteiger partial charge on any atom is -0.502 e. The molecule has 1 unspecified atom stereocenters.